The Kier molecular flexibility index (Phi) is 9.11. The Labute approximate surface area is 168 Å². The molecule has 1 aromatic rings. The topological polar surface area (TPSA) is 63.2 Å². The molecule has 3 atom stereocenters. The molecule has 0 radical (unpaired) electrons. The number of hydrogen-bond donors (Lipinski definition) is 2. The van der Waals surface area contributed by atoms with Gasteiger partial charge in [0, 0.05) is 18.3 Å². The molecule has 10 heteroatoms. The third-order valence-electron chi connectivity index (χ3n) is 4.89. The number of fused-ring (bicyclic) bond motifs is 1. The molecule has 1 aliphatic heterocycles. The molecule has 2 heterocycles. The van der Waals surface area contributed by atoms with Crippen LogP contribution in [0.25, 0.3) is 0 Å². The Balaban J connectivity index is 0.00000182. The largest absolute Gasteiger partial charge is 0.476 e. The maximum Gasteiger partial charge on any atom is 0.417 e. The normalized spacial score (nSPS) is 24.2. The van der Waals surface area contributed by atoms with Crippen LogP contribution in [-0.2, 0) is 11.0 Å². The molecular weight excluding hydrogens is 406 g/mol. The van der Waals surface area contributed by atoms with Crippen LogP contribution >= 0.6 is 24.8 Å². The van der Waals surface area contributed by atoms with Gasteiger partial charge in [0.2, 0.25) is 11.8 Å². The average molecular weight is 430 g/mol. The van der Waals surface area contributed by atoms with E-state index in [4.69, 9.17) is 4.74 Å². The van der Waals surface area contributed by atoms with Crippen molar-refractivity contribution in [3.8, 4) is 5.88 Å². The maximum atomic E-state index is 12.4. The van der Waals surface area contributed by atoms with Crippen LogP contribution in [0, 0.1) is 5.92 Å². The molecule has 27 heavy (non-hydrogen) atoms. The number of alkyl halides is 3. The van der Waals surface area contributed by atoms with E-state index in [9.17, 15) is 18.0 Å². The Morgan fingerprint density at radius 2 is 2.00 bits per heavy atom. The molecule has 1 saturated carbocycles. The van der Waals surface area contributed by atoms with Gasteiger partial charge in [-0.3, -0.25) is 4.79 Å². The van der Waals surface area contributed by atoms with Crippen LogP contribution in [0.1, 0.15) is 37.7 Å². The lowest BCUT2D eigenvalue weighted by Gasteiger charge is -2.24. The third kappa shape index (κ3) is 6.40. The van der Waals surface area contributed by atoms with Crippen LogP contribution in [0.15, 0.2) is 18.3 Å². The molecule has 0 aromatic carbocycles. The van der Waals surface area contributed by atoms with Crippen molar-refractivity contribution in [1.29, 1.82) is 0 Å². The number of aromatic nitrogens is 1. The Morgan fingerprint density at radius 1 is 1.26 bits per heavy atom. The third-order valence-corrected chi connectivity index (χ3v) is 4.89. The first-order valence-electron chi connectivity index (χ1n) is 8.63. The van der Waals surface area contributed by atoms with E-state index in [2.05, 4.69) is 15.6 Å². The van der Waals surface area contributed by atoms with Crippen molar-refractivity contribution < 1.29 is 22.7 Å². The number of amides is 1. The molecule has 1 aliphatic carbocycles. The molecule has 3 unspecified atom stereocenters. The van der Waals surface area contributed by atoms with E-state index in [1.54, 1.807) is 0 Å². The van der Waals surface area contributed by atoms with E-state index >= 15 is 0 Å². The Hall–Kier alpha value is -1.25. The van der Waals surface area contributed by atoms with Crippen molar-refractivity contribution in [2.24, 2.45) is 5.92 Å². The Morgan fingerprint density at radius 3 is 2.63 bits per heavy atom. The van der Waals surface area contributed by atoms with Crippen LogP contribution in [0.5, 0.6) is 5.88 Å². The first-order chi connectivity index (χ1) is 11.9. The van der Waals surface area contributed by atoms with Gasteiger partial charge in [-0.25, -0.2) is 4.98 Å². The summed E-state index contributed by atoms with van der Waals surface area (Å²) in [4.78, 5) is 15.8. The highest BCUT2D eigenvalue weighted by Gasteiger charge is 2.38. The number of ether oxygens (including phenoxy) is 1. The summed E-state index contributed by atoms with van der Waals surface area (Å²) in [5.74, 6) is 0.655. The summed E-state index contributed by atoms with van der Waals surface area (Å²) >= 11 is 0. The number of halogens is 5. The van der Waals surface area contributed by atoms with E-state index in [0.717, 1.165) is 25.1 Å². The number of nitrogens with one attached hydrogen (secondary N) is 2. The monoisotopic (exact) mass is 429 g/mol. The van der Waals surface area contributed by atoms with Crippen LogP contribution in [0.3, 0.4) is 0 Å². The maximum absolute atomic E-state index is 12.4. The second-order valence-electron chi connectivity index (χ2n) is 6.63. The van der Waals surface area contributed by atoms with Gasteiger partial charge in [-0.2, -0.15) is 13.2 Å². The zero-order valence-corrected chi connectivity index (χ0v) is 16.3. The minimum Gasteiger partial charge on any atom is -0.476 e. The van der Waals surface area contributed by atoms with Gasteiger partial charge in [0.15, 0.2) is 0 Å². The second-order valence-corrected chi connectivity index (χ2v) is 6.63. The summed E-state index contributed by atoms with van der Waals surface area (Å²) in [5.41, 5.74) is -0.818. The summed E-state index contributed by atoms with van der Waals surface area (Å²) in [6.07, 6.45) is 1.98. The smallest absolute Gasteiger partial charge is 0.417 e. The van der Waals surface area contributed by atoms with E-state index in [1.807, 2.05) is 0 Å². The Bertz CT molecular complexity index is 588. The van der Waals surface area contributed by atoms with Crippen LogP contribution in [0.2, 0.25) is 0 Å². The van der Waals surface area contributed by atoms with E-state index < -0.39 is 11.7 Å². The fraction of sp³-hybridized carbons (Fsp3) is 0.647. The summed E-state index contributed by atoms with van der Waals surface area (Å²) in [6.45, 7) is 0.443. The highest BCUT2D eigenvalue weighted by Crippen LogP contribution is 2.33. The standard InChI is InChI=1S/C17H22F3N3O2.2ClH/c18-17(19,20)12-5-6-15(22-10-12)25-8-7-21-16(24)14-9-11-3-1-2-4-13(11)23-14;;/h5-6,10-11,13-14,23H,1-4,7-9H2,(H,21,24);2*1H. The summed E-state index contributed by atoms with van der Waals surface area (Å²) < 4.78 is 42.6. The molecule has 2 N–H and O–H groups in total. The number of rotatable bonds is 5. The zero-order valence-electron chi connectivity index (χ0n) is 14.6. The van der Waals surface area contributed by atoms with E-state index in [-0.39, 0.29) is 55.8 Å². The lowest BCUT2D eigenvalue weighted by atomic mass is 9.85. The van der Waals surface area contributed by atoms with Crippen molar-refractivity contribution >= 4 is 30.7 Å². The molecule has 0 bridgehead atoms. The SMILES string of the molecule is Cl.Cl.O=C(NCCOc1ccc(C(F)(F)F)cn1)C1CC2CCCCC2N1. The number of carbonyl (C=O) groups excluding carboxylic acids is 1. The molecule has 5 nitrogen and oxygen atoms in total. The lowest BCUT2D eigenvalue weighted by Crippen LogP contribution is -2.44. The number of hydrogen-bond acceptors (Lipinski definition) is 4. The molecule has 2 fully saturated rings. The molecule has 1 aromatic heterocycles. The van der Waals surface area contributed by atoms with Gasteiger partial charge in [0.1, 0.15) is 6.61 Å². The predicted molar refractivity (Wildman–Crippen MR) is 99.5 cm³/mol. The first-order valence-corrected chi connectivity index (χ1v) is 8.63. The predicted octanol–water partition coefficient (Wildman–Crippen LogP) is 3.36. The molecule has 1 amide bonds. The summed E-state index contributed by atoms with van der Waals surface area (Å²) in [7, 11) is 0. The van der Waals surface area contributed by atoms with Crippen molar-refractivity contribution in [2.75, 3.05) is 13.2 Å². The first kappa shape index (κ1) is 23.8. The number of carbonyl (C=O) groups is 1. The fourth-order valence-electron chi connectivity index (χ4n) is 3.61. The molecule has 0 spiro atoms. The quantitative estimate of drug-likeness (QED) is 0.704. The second kappa shape index (κ2) is 10.3. The van der Waals surface area contributed by atoms with E-state index in [0.29, 0.717) is 12.0 Å². The van der Waals surface area contributed by atoms with Crippen LogP contribution in [0.4, 0.5) is 13.2 Å². The highest BCUT2D eigenvalue weighted by atomic mass is 35.5. The van der Waals surface area contributed by atoms with Crippen molar-refractivity contribution in [3.63, 3.8) is 0 Å². The van der Waals surface area contributed by atoms with Gasteiger partial charge in [-0.05, 0) is 31.2 Å². The minimum absolute atomic E-state index is 0. The van der Waals surface area contributed by atoms with Gasteiger partial charge < -0.3 is 15.4 Å². The molecule has 154 valence electrons. The number of nitrogens with zero attached hydrogens (tertiary/aromatic N) is 1. The van der Waals surface area contributed by atoms with Crippen molar-refractivity contribution in [3.05, 3.63) is 23.9 Å². The lowest BCUT2D eigenvalue weighted by molar-refractivity contribution is -0.137. The van der Waals surface area contributed by atoms with Gasteiger partial charge in [-0.1, -0.05) is 12.8 Å². The highest BCUT2D eigenvalue weighted by molar-refractivity contribution is 5.85. The van der Waals surface area contributed by atoms with Gasteiger partial charge in [0.25, 0.3) is 0 Å². The molecule has 3 rings (SSSR count). The average Bonchev–Trinajstić information content (AvgIpc) is 3.02. The van der Waals surface area contributed by atoms with Crippen molar-refractivity contribution in [1.82, 2.24) is 15.6 Å². The molecular formula is C17H24Cl2F3N3O2. The molecule has 1 saturated heterocycles. The van der Waals surface area contributed by atoms with E-state index in [1.165, 1.54) is 25.3 Å². The zero-order chi connectivity index (χ0) is 17.9. The van der Waals surface area contributed by atoms with Crippen LogP contribution in [-0.4, -0.2) is 36.1 Å². The van der Waals surface area contributed by atoms with Gasteiger partial charge >= 0.3 is 6.18 Å². The molecule has 2 aliphatic rings. The fourth-order valence-corrected chi connectivity index (χ4v) is 3.61. The van der Waals surface area contributed by atoms with Crippen LogP contribution < -0.4 is 15.4 Å². The minimum atomic E-state index is -4.41. The summed E-state index contributed by atoms with van der Waals surface area (Å²) in [5, 5.41) is 6.21. The van der Waals surface area contributed by atoms with Gasteiger partial charge in [-0.15, -0.1) is 24.8 Å². The van der Waals surface area contributed by atoms with Gasteiger partial charge in [0.05, 0.1) is 18.2 Å². The van der Waals surface area contributed by atoms with Crippen molar-refractivity contribution in [2.45, 2.75) is 50.4 Å². The number of pyridine rings is 1. The summed E-state index contributed by atoms with van der Waals surface area (Å²) in [6, 6.07) is 2.40.